The zero-order valence-corrected chi connectivity index (χ0v) is 13.2. The van der Waals surface area contributed by atoms with Crippen LogP contribution in [-0.2, 0) is 6.42 Å². The predicted octanol–water partition coefficient (Wildman–Crippen LogP) is 4.70. The van der Waals surface area contributed by atoms with E-state index in [1.165, 1.54) is 25.6 Å². The summed E-state index contributed by atoms with van der Waals surface area (Å²) < 4.78 is 2.82. The number of nitrogens with one attached hydrogen (secondary N) is 1. The molecule has 1 N–H and O–H groups in total. The van der Waals surface area contributed by atoms with Crippen molar-refractivity contribution in [1.82, 2.24) is 10.3 Å². The molecule has 3 heterocycles. The maximum absolute atomic E-state index is 4.18. The maximum Gasteiger partial charge on any atom is 0.0794 e. The first-order valence-electron chi connectivity index (χ1n) is 6.44. The molecular weight excluding hydrogens is 292 g/mol. The molecular formula is C14H16N2S3. The van der Waals surface area contributed by atoms with Gasteiger partial charge in [-0.05, 0) is 30.5 Å². The van der Waals surface area contributed by atoms with Crippen molar-refractivity contribution in [3.8, 4) is 0 Å². The Morgan fingerprint density at radius 3 is 3.00 bits per heavy atom. The standard InChI is InChI=1S/C14H16N2S3/c1-2-4-16-11(6-10-8-15-9-18-10)13-7-14-12(19-13)3-5-17-14/h3,5,7-9,11,16H,2,4,6H2,1H3. The van der Waals surface area contributed by atoms with Gasteiger partial charge >= 0.3 is 0 Å². The maximum atomic E-state index is 4.18. The van der Waals surface area contributed by atoms with Gasteiger partial charge in [0, 0.05) is 37.8 Å². The van der Waals surface area contributed by atoms with Crippen molar-refractivity contribution in [3.63, 3.8) is 0 Å². The minimum Gasteiger partial charge on any atom is -0.309 e. The number of thiazole rings is 1. The average molecular weight is 308 g/mol. The molecule has 3 rings (SSSR count). The van der Waals surface area contributed by atoms with Crippen LogP contribution in [-0.4, -0.2) is 11.5 Å². The lowest BCUT2D eigenvalue weighted by Crippen LogP contribution is -2.22. The normalized spacial score (nSPS) is 13.1. The van der Waals surface area contributed by atoms with Crippen LogP contribution in [0.1, 0.15) is 29.1 Å². The molecule has 0 radical (unpaired) electrons. The molecule has 19 heavy (non-hydrogen) atoms. The number of thiophene rings is 2. The van der Waals surface area contributed by atoms with E-state index in [0.717, 1.165) is 13.0 Å². The van der Waals surface area contributed by atoms with Gasteiger partial charge in [-0.15, -0.1) is 34.0 Å². The molecule has 0 aliphatic heterocycles. The van der Waals surface area contributed by atoms with E-state index in [0.29, 0.717) is 6.04 Å². The summed E-state index contributed by atoms with van der Waals surface area (Å²) in [5.74, 6) is 0. The summed E-state index contributed by atoms with van der Waals surface area (Å²) in [5.41, 5.74) is 1.92. The summed E-state index contributed by atoms with van der Waals surface area (Å²) in [6, 6.07) is 4.99. The molecule has 0 saturated heterocycles. The van der Waals surface area contributed by atoms with E-state index in [2.05, 4.69) is 34.7 Å². The van der Waals surface area contributed by atoms with E-state index in [1.807, 2.05) is 34.4 Å². The Bertz CT molecular complexity index is 596. The fourth-order valence-corrected chi connectivity index (χ4v) is 4.93. The Morgan fingerprint density at radius 1 is 1.32 bits per heavy atom. The summed E-state index contributed by atoms with van der Waals surface area (Å²) in [4.78, 5) is 6.98. The van der Waals surface area contributed by atoms with Crippen LogP contribution in [0.3, 0.4) is 0 Å². The molecule has 0 amide bonds. The van der Waals surface area contributed by atoms with Crippen molar-refractivity contribution >= 4 is 43.4 Å². The van der Waals surface area contributed by atoms with E-state index in [-0.39, 0.29) is 0 Å². The van der Waals surface area contributed by atoms with E-state index in [1.54, 1.807) is 11.3 Å². The number of rotatable bonds is 6. The Hall–Kier alpha value is -0.750. The highest BCUT2D eigenvalue weighted by molar-refractivity contribution is 7.27. The minimum atomic E-state index is 0.421. The van der Waals surface area contributed by atoms with E-state index in [4.69, 9.17) is 0 Å². The van der Waals surface area contributed by atoms with Crippen LogP contribution in [0.2, 0.25) is 0 Å². The molecule has 100 valence electrons. The van der Waals surface area contributed by atoms with Crippen LogP contribution in [0, 0.1) is 0 Å². The van der Waals surface area contributed by atoms with E-state index in [9.17, 15) is 0 Å². The van der Waals surface area contributed by atoms with Gasteiger partial charge in [-0.3, -0.25) is 4.98 Å². The summed E-state index contributed by atoms with van der Waals surface area (Å²) in [6.07, 6.45) is 4.19. The third-order valence-electron chi connectivity index (χ3n) is 3.03. The Labute approximate surface area is 125 Å². The Kier molecular flexibility index (Phi) is 4.28. The second-order valence-electron chi connectivity index (χ2n) is 4.48. The molecule has 0 aliphatic rings. The fourth-order valence-electron chi connectivity index (χ4n) is 2.09. The minimum absolute atomic E-state index is 0.421. The highest BCUT2D eigenvalue weighted by Gasteiger charge is 2.15. The van der Waals surface area contributed by atoms with Crippen molar-refractivity contribution < 1.29 is 0 Å². The Morgan fingerprint density at radius 2 is 2.26 bits per heavy atom. The van der Waals surface area contributed by atoms with Gasteiger partial charge in [0.1, 0.15) is 0 Å². The molecule has 5 heteroatoms. The van der Waals surface area contributed by atoms with Crippen molar-refractivity contribution in [3.05, 3.63) is 39.0 Å². The lowest BCUT2D eigenvalue weighted by Gasteiger charge is -2.16. The number of nitrogens with zero attached hydrogens (tertiary/aromatic N) is 1. The van der Waals surface area contributed by atoms with Crippen LogP contribution in [0.15, 0.2) is 29.2 Å². The molecule has 0 aromatic carbocycles. The van der Waals surface area contributed by atoms with Crippen molar-refractivity contribution in [2.24, 2.45) is 0 Å². The van der Waals surface area contributed by atoms with Crippen LogP contribution >= 0.6 is 34.0 Å². The smallest absolute Gasteiger partial charge is 0.0794 e. The van der Waals surface area contributed by atoms with Crippen molar-refractivity contribution in [2.75, 3.05) is 6.54 Å². The highest BCUT2D eigenvalue weighted by Crippen LogP contribution is 2.34. The highest BCUT2D eigenvalue weighted by atomic mass is 32.1. The van der Waals surface area contributed by atoms with Crippen LogP contribution < -0.4 is 5.32 Å². The van der Waals surface area contributed by atoms with Crippen LogP contribution in [0.4, 0.5) is 0 Å². The van der Waals surface area contributed by atoms with Crippen LogP contribution in [0.25, 0.3) is 9.40 Å². The number of hydrogen-bond donors (Lipinski definition) is 1. The average Bonchev–Trinajstić information content (AvgIpc) is 3.09. The first kappa shape index (κ1) is 13.2. The summed E-state index contributed by atoms with van der Waals surface area (Å²) in [7, 11) is 0. The van der Waals surface area contributed by atoms with Gasteiger partial charge in [0.15, 0.2) is 0 Å². The molecule has 0 spiro atoms. The molecule has 1 atom stereocenters. The largest absolute Gasteiger partial charge is 0.309 e. The molecule has 2 nitrogen and oxygen atoms in total. The summed E-state index contributed by atoms with van der Waals surface area (Å²) in [6.45, 7) is 3.28. The molecule has 0 saturated carbocycles. The molecule has 0 bridgehead atoms. The quantitative estimate of drug-likeness (QED) is 0.714. The summed E-state index contributed by atoms with van der Waals surface area (Å²) in [5, 5.41) is 5.84. The first-order valence-corrected chi connectivity index (χ1v) is 9.02. The van der Waals surface area contributed by atoms with Gasteiger partial charge in [-0.2, -0.15) is 0 Å². The van der Waals surface area contributed by atoms with Crippen LogP contribution in [0.5, 0.6) is 0 Å². The molecule has 3 aromatic heterocycles. The van der Waals surface area contributed by atoms with E-state index >= 15 is 0 Å². The molecule has 0 fully saturated rings. The lowest BCUT2D eigenvalue weighted by atomic mass is 10.1. The number of fused-ring (bicyclic) bond motifs is 1. The van der Waals surface area contributed by atoms with Gasteiger partial charge in [-0.25, -0.2) is 0 Å². The molecule has 3 aromatic rings. The van der Waals surface area contributed by atoms with Gasteiger partial charge < -0.3 is 5.32 Å². The lowest BCUT2D eigenvalue weighted by molar-refractivity contribution is 0.539. The predicted molar refractivity (Wildman–Crippen MR) is 86.6 cm³/mol. The summed E-state index contributed by atoms with van der Waals surface area (Å²) >= 11 is 5.49. The first-order chi connectivity index (χ1) is 9.36. The van der Waals surface area contributed by atoms with Crippen molar-refractivity contribution in [1.29, 1.82) is 0 Å². The Balaban J connectivity index is 1.83. The topological polar surface area (TPSA) is 24.9 Å². The molecule has 1 unspecified atom stereocenters. The van der Waals surface area contributed by atoms with Gasteiger partial charge in [0.05, 0.1) is 5.51 Å². The second-order valence-corrected chi connectivity index (χ2v) is 7.51. The third kappa shape index (κ3) is 3.05. The molecule has 0 aliphatic carbocycles. The number of hydrogen-bond acceptors (Lipinski definition) is 5. The van der Waals surface area contributed by atoms with Gasteiger partial charge in [0.2, 0.25) is 0 Å². The monoisotopic (exact) mass is 308 g/mol. The second kappa shape index (κ2) is 6.13. The van der Waals surface area contributed by atoms with Gasteiger partial charge in [-0.1, -0.05) is 6.92 Å². The van der Waals surface area contributed by atoms with Crippen molar-refractivity contribution in [2.45, 2.75) is 25.8 Å². The zero-order chi connectivity index (χ0) is 13.1. The van der Waals surface area contributed by atoms with E-state index < -0.39 is 0 Å². The SMILES string of the molecule is CCCNC(Cc1cncs1)c1cc2sccc2s1. The zero-order valence-electron chi connectivity index (χ0n) is 10.8. The third-order valence-corrected chi connectivity index (χ3v) is 6.04. The fraction of sp³-hybridized carbons (Fsp3) is 0.357. The van der Waals surface area contributed by atoms with Gasteiger partial charge in [0.25, 0.3) is 0 Å². The number of aromatic nitrogens is 1.